The fourth-order valence-electron chi connectivity index (χ4n) is 1.33. The van der Waals surface area contributed by atoms with Crippen LogP contribution < -0.4 is 0 Å². The molecule has 0 aliphatic rings. The molecule has 0 amide bonds. The molecule has 1 N–H and O–H groups in total. The monoisotopic (exact) mass is 226 g/mol. The lowest BCUT2D eigenvalue weighted by Crippen LogP contribution is -2.14. The van der Waals surface area contributed by atoms with Gasteiger partial charge < -0.3 is 5.11 Å². The second-order valence-corrected chi connectivity index (χ2v) is 3.78. The summed E-state index contributed by atoms with van der Waals surface area (Å²) in [4.78, 5) is 21.8. The average molecular weight is 227 g/mol. The second kappa shape index (κ2) is 4.94. The third-order valence-electron chi connectivity index (χ3n) is 2.06. The molecule has 1 aromatic rings. The van der Waals surface area contributed by atoms with Crippen LogP contribution in [0.15, 0.2) is 24.3 Å². The Labute approximate surface area is 92.7 Å². The first-order valence-electron chi connectivity index (χ1n) is 4.48. The summed E-state index contributed by atoms with van der Waals surface area (Å²) >= 11 is 5.69. The van der Waals surface area contributed by atoms with Gasteiger partial charge in [-0.1, -0.05) is 23.7 Å². The summed E-state index contributed by atoms with van der Waals surface area (Å²) in [5.74, 6) is -1.91. The Balaban J connectivity index is 2.94. The zero-order chi connectivity index (χ0) is 11.4. The Morgan fingerprint density at radius 3 is 2.27 bits per heavy atom. The van der Waals surface area contributed by atoms with Crippen LogP contribution in [0.3, 0.4) is 0 Å². The smallest absolute Gasteiger partial charge is 0.311 e. The zero-order valence-corrected chi connectivity index (χ0v) is 8.99. The van der Waals surface area contributed by atoms with E-state index in [0.29, 0.717) is 10.6 Å². The number of carbonyl (C=O) groups excluding carboxylic acids is 1. The van der Waals surface area contributed by atoms with Crippen molar-refractivity contribution in [3.05, 3.63) is 34.9 Å². The molecule has 0 spiro atoms. The van der Waals surface area contributed by atoms with Gasteiger partial charge in [-0.25, -0.2) is 0 Å². The van der Waals surface area contributed by atoms with Crippen molar-refractivity contribution in [2.24, 2.45) is 0 Å². The molecule has 0 saturated carbocycles. The molecule has 80 valence electrons. The normalized spacial score (nSPS) is 12.1. The number of Topliss-reactive ketones (excluding diaryl/α,β-unsaturated/α-hetero) is 1. The number of halogens is 1. The molecule has 0 heterocycles. The molecule has 0 aliphatic heterocycles. The molecule has 1 atom stereocenters. The number of hydrogen-bond acceptors (Lipinski definition) is 2. The molecule has 1 unspecified atom stereocenters. The van der Waals surface area contributed by atoms with Gasteiger partial charge in [-0.3, -0.25) is 9.59 Å². The first-order chi connectivity index (χ1) is 7.00. The predicted octanol–water partition coefficient (Wildman–Crippen LogP) is 2.49. The minimum Gasteiger partial charge on any atom is -0.481 e. The molecule has 1 aromatic carbocycles. The van der Waals surface area contributed by atoms with E-state index in [1.54, 1.807) is 24.3 Å². The first-order valence-corrected chi connectivity index (χ1v) is 4.86. The lowest BCUT2D eigenvalue weighted by Gasteiger charge is -2.10. The van der Waals surface area contributed by atoms with E-state index in [-0.39, 0.29) is 12.2 Å². The van der Waals surface area contributed by atoms with Crippen molar-refractivity contribution in [1.82, 2.24) is 0 Å². The van der Waals surface area contributed by atoms with Crippen molar-refractivity contribution in [2.75, 3.05) is 0 Å². The Morgan fingerprint density at radius 1 is 1.33 bits per heavy atom. The van der Waals surface area contributed by atoms with Crippen LogP contribution >= 0.6 is 11.6 Å². The zero-order valence-electron chi connectivity index (χ0n) is 8.24. The molecule has 0 radical (unpaired) electrons. The number of rotatable bonds is 4. The minimum atomic E-state index is -0.993. The van der Waals surface area contributed by atoms with E-state index in [1.165, 1.54) is 6.92 Å². The summed E-state index contributed by atoms with van der Waals surface area (Å²) in [5, 5.41) is 9.51. The number of carboxylic acid groups (broad SMARTS) is 1. The van der Waals surface area contributed by atoms with Gasteiger partial charge in [0.25, 0.3) is 0 Å². The summed E-state index contributed by atoms with van der Waals surface area (Å²) < 4.78 is 0. The number of benzene rings is 1. The minimum absolute atomic E-state index is 0.0109. The predicted molar refractivity (Wildman–Crippen MR) is 57.1 cm³/mol. The number of carbonyl (C=O) groups is 2. The van der Waals surface area contributed by atoms with Crippen molar-refractivity contribution in [3.63, 3.8) is 0 Å². The maximum absolute atomic E-state index is 10.9. The first kappa shape index (κ1) is 11.7. The van der Waals surface area contributed by atoms with Crippen molar-refractivity contribution < 1.29 is 14.7 Å². The van der Waals surface area contributed by atoms with E-state index < -0.39 is 11.9 Å². The fourth-order valence-corrected chi connectivity index (χ4v) is 1.46. The summed E-state index contributed by atoms with van der Waals surface area (Å²) in [5.41, 5.74) is 0.599. The van der Waals surface area contributed by atoms with Gasteiger partial charge in [-0.05, 0) is 24.6 Å². The van der Waals surface area contributed by atoms with E-state index in [2.05, 4.69) is 0 Å². The highest BCUT2D eigenvalue weighted by molar-refractivity contribution is 6.30. The third kappa shape index (κ3) is 3.36. The SMILES string of the molecule is CC(=O)CC(C(=O)O)c1ccc(Cl)cc1. The van der Waals surface area contributed by atoms with Crippen LogP contribution in [0.2, 0.25) is 5.02 Å². The van der Waals surface area contributed by atoms with E-state index in [0.717, 1.165) is 0 Å². The molecular weight excluding hydrogens is 216 g/mol. The number of hydrogen-bond donors (Lipinski definition) is 1. The number of ketones is 1. The van der Waals surface area contributed by atoms with Crippen molar-refractivity contribution in [1.29, 1.82) is 0 Å². The van der Waals surface area contributed by atoms with Gasteiger partial charge in [0.1, 0.15) is 5.78 Å². The molecule has 4 heteroatoms. The van der Waals surface area contributed by atoms with Gasteiger partial charge in [-0.2, -0.15) is 0 Å². The van der Waals surface area contributed by atoms with E-state index in [9.17, 15) is 9.59 Å². The number of carboxylic acids is 1. The van der Waals surface area contributed by atoms with Crippen LogP contribution in [0.4, 0.5) is 0 Å². The van der Waals surface area contributed by atoms with Gasteiger partial charge in [0, 0.05) is 11.4 Å². The van der Waals surface area contributed by atoms with Crippen LogP contribution in [0, 0.1) is 0 Å². The second-order valence-electron chi connectivity index (χ2n) is 3.35. The molecule has 0 aromatic heterocycles. The third-order valence-corrected chi connectivity index (χ3v) is 2.31. The highest BCUT2D eigenvalue weighted by Gasteiger charge is 2.21. The highest BCUT2D eigenvalue weighted by atomic mass is 35.5. The molecular formula is C11H11ClO3. The Morgan fingerprint density at radius 2 is 1.87 bits per heavy atom. The average Bonchev–Trinajstić information content (AvgIpc) is 2.15. The highest BCUT2D eigenvalue weighted by Crippen LogP contribution is 2.22. The van der Waals surface area contributed by atoms with Gasteiger partial charge in [0.2, 0.25) is 0 Å². The molecule has 0 fully saturated rings. The molecule has 1 rings (SSSR count). The summed E-state index contributed by atoms with van der Waals surface area (Å²) in [6, 6.07) is 6.49. The van der Waals surface area contributed by atoms with Crippen LogP contribution in [0.25, 0.3) is 0 Å². The topological polar surface area (TPSA) is 54.4 Å². The van der Waals surface area contributed by atoms with Crippen LogP contribution in [0.5, 0.6) is 0 Å². The fraction of sp³-hybridized carbons (Fsp3) is 0.273. The Bertz CT molecular complexity index is 370. The Hall–Kier alpha value is -1.35. The van der Waals surface area contributed by atoms with Crippen LogP contribution in [-0.4, -0.2) is 16.9 Å². The van der Waals surface area contributed by atoms with Crippen molar-refractivity contribution in [2.45, 2.75) is 19.3 Å². The summed E-state index contributed by atoms with van der Waals surface area (Å²) in [7, 11) is 0. The lowest BCUT2D eigenvalue weighted by atomic mass is 9.94. The quantitative estimate of drug-likeness (QED) is 0.858. The molecule has 15 heavy (non-hydrogen) atoms. The molecule has 3 nitrogen and oxygen atoms in total. The summed E-state index contributed by atoms with van der Waals surface area (Å²) in [6.45, 7) is 1.38. The number of aliphatic carboxylic acids is 1. The van der Waals surface area contributed by atoms with Crippen LogP contribution in [0.1, 0.15) is 24.8 Å². The molecule has 0 saturated heterocycles. The van der Waals surface area contributed by atoms with Crippen molar-refractivity contribution in [3.8, 4) is 0 Å². The molecule has 0 bridgehead atoms. The maximum Gasteiger partial charge on any atom is 0.311 e. The van der Waals surface area contributed by atoms with E-state index >= 15 is 0 Å². The van der Waals surface area contributed by atoms with Gasteiger partial charge in [0.05, 0.1) is 5.92 Å². The molecule has 0 aliphatic carbocycles. The van der Waals surface area contributed by atoms with Crippen molar-refractivity contribution >= 4 is 23.4 Å². The van der Waals surface area contributed by atoms with Gasteiger partial charge in [0.15, 0.2) is 0 Å². The largest absolute Gasteiger partial charge is 0.481 e. The van der Waals surface area contributed by atoms with E-state index in [1.807, 2.05) is 0 Å². The van der Waals surface area contributed by atoms with Crippen LogP contribution in [-0.2, 0) is 9.59 Å². The maximum atomic E-state index is 10.9. The van der Waals surface area contributed by atoms with Gasteiger partial charge >= 0.3 is 5.97 Å². The Kier molecular flexibility index (Phi) is 3.86. The summed E-state index contributed by atoms with van der Waals surface area (Å²) in [6.07, 6.45) is 0.0109. The van der Waals surface area contributed by atoms with Gasteiger partial charge in [-0.15, -0.1) is 0 Å². The lowest BCUT2D eigenvalue weighted by molar-refractivity contribution is -0.140. The van der Waals surface area contributed by atoms with E-state index in [4.69, 9.17) is 16.7 Å². The standard InChI is InChI=1S/C11H11ClO3/c1-7(13)6-10(11(14)15)8-2-4-9(12)5-3-8/h2-5,10H,6H2,1H3,(H,14,15).